The first-order valence-electron chi connectivity index (χ1n) is 4.21. The molecule has 0 atom stereocenters. The van der Waals surface area contributed by atoms with Gasteiger partial charge < -0.3 is 5.73 Å². The maximum Gasteiger partial charge on any atom is 0.272 e. The van der Waals surface area contributed by atoms with Crippen LogP contribution >= 0.6 is 0 Å². The lowest BCUT2D eigenvalue weighted by Crippen LogP contribution is -2.06. The molecule has 0 unspecified atom stereocenters. The van der Waals surface area contributed by atoms with Crippen molar-refractivity contribution in [1.82, 2.24) is 0 Å². The van der Waals surface area contributed by atoms with E-state index in [1.165, 1.54) is 0 Å². The molecule has 16 heavy (non-hydrogen) atoms. The molecule has 86 valence electrons. The van der Waals surface area contributed by atoms with Crippen LogP contribution in [0.2, 0.25) is 0 Å². The van der Waals surface area contributed by atoms with E-state index < -0.39 is 28.4 Å². The number of hydrogen-bond acceptors (Lipinski definition) is 4. The summed E-state index contributed by atoms with van der Waals surface area (Å²) < 4.78 is 25.2. The molecule has 0 aliphatic rings. The first-order chi connectivity index (χ1) is 7.34. The molecule has 0 saturated carbocycles. The number of benzene rings is 1. The average molecular weight is 230 g/mol. The van der Waals surface area contributed by atoms with Crippen molar-refractivity contribution in [2.75, 3.05) is 5.73 Å². The van der Waals surface area contributed by atoms with Gasteiger partial charge in [-0.25, -0.2) is 8.78 Å². The molecule has 0 aromatic heterocycles. The molecule has 0 spiro atoms. The smallest absolute Gasteiger partial charge is 0.272 e. The third-order valence-electron chi connectivity index (χ3n) is 1.98. The molecular weight excluding hydrogens is 222 g/mol. The zero-order valence-electron chi connectivity index (χ0n) is 8.24. The molecule has 7 heteroatoms. The molecule has 1 rings (SSSR count). The molecule has 0 aliphatic heterocycles. The SMILES string of the molecule is CC(=O)c1c(N)cc([N+](=O)[O-])cc1C(F)F. The van der Waals surface area contributed by atoms with Crippen LogP contribution in [0.25, 0.3) is 0 Å². The van der Waals surface area contributed by atoms with Gasteiger partial charge in [0.05, 0.1) is 4.92 Å². The monoisotopic (exact) mass is 230 g/mol. The van der Waals surface area contributed by atoms with Crippen LogP contribution in [0.3, 0.4) is 0 Å². The highest BCUT2D eigenvalue weighted by atomic mass is 19.3. The topological polar surface area (TPSA) is 86.2 Å². The Morgan fingerprint density at radius 3 is 2.44 bits per heavy atom. The molecule has 0 heterocycles. The van der Waals surface area contributed by atoms with Gasteiger partial charge in [0.25, 0.3) is 12.1 Å². The summed E-state index contributed by atoms with van der Waals surface area (Å²) in [5, 5.41) is 10.4. The fourth-order valence-electron chi connectivity index (χ4n) is 1.36. The molecule has 0 saturated heterocycles. The molecule has 0 radical (unpaired) electrons. The van der Waals surface area contributed by atoms with Crippen molar-refractivity contribution in [3.05, 3.63) is 33.4 Å². The van der Waals surface area contributed by atoms with Gasteiger partial charge in [0, 0.05) is 28.9 Å². The minimum absolute atomic E-state index is 0.308. The van der Waals surface area contributed by atoms with Gasteiger partial charge in [-0.15, -0.1) is 0 Å². The standard InChI is InChI=1S/C9H8F2N2O3/c1-4(14)8-6(9(10)11)2-5(13(15)16)3-7(8)12/h2-3,9H,12H2,1H3. The summed E-state index contributed by atoms with van der Waals surface area (Å²) in [5.74, 6) is -0.650. The summed E-state index contributed by atoms with van der Waals surface area (Å²) in [6, 6.07) is 1.56. The van der Waals surface area contributed by atoms with Crippen molar-refractivity contribution in [1.29, 1.82) is 0 Å². The second kappa shape index (κ2) is 4.21. The van der Waals surface area contributed by atoms with Gasteiger partial charge in [-0.2, -0.15) is 0 Å². The van der Waals surface area contributed by atoms with Crippen molar-refractivity contribution >= 4 is 17.2 Å². The van der Waals surface area contributed by atoms with Crippen molar-refractivity contribution in [3.63, 3.8) is 0 Å². The fourth-order valence-corrected chi connectivity index (χ4v) is 1.36. The Kier molecular flexibility index (Phi) is 3.17. The third-order valence-corrected chi connectivity index (χ3v) is 1.98. The largest absolute Gasteiger partial charge is 0.398 e. The predicted molar refractivity (Wildman–Crippen MR) is 52.5 cm³/mol. The lowest BCUT2D eigenvalue weighted by atomic mass is 10.0. The molecule has 5 nitrogen and oxygen atoms in total. The summed E-state index contributed by atoms with van der Waals surface area (Å²) in [4.78, 5) is 20.7. The predicted octanol–water partition coefficient (Wildman–Crippen LogP) is 2.32. The highest BCUT2D eigenvalue weighted by Crippen LogP contribution is 2.31. The Morgan fingerprint density at radius 2 is 2.06 bits per heavy atom. The van der Waals surface area contributed by atoms with Crippen LogP contribution in [0.15, 0.2) is 12.1 Å². The Labute approximate surface area is 89.0 Å². The lowest BCUT2D eigenvalue weighted by molar-refractivity contribution is -0.384. The highest BCUT2D eigenvalue weighted by molar-refractivity contribution is 6.01. The summed E-state index contributed by atoms with van der Waals surface area (Å²) in [6.45, 7) is 1.07. The van der Waals surface area contributed by atoms with E-state index in [4.69, 9.17) is 5.73 Å². The van der Waals surface area contributed by atoms with Gasteiger partial charge in [0.1, 0.15) is 0 Å². The Hall–Kier alpha value is -2.05. The van der Waals surface area contributed by atoms with Crippen molar-refractivity contribution in [2.45, 2.75) is 13.3 Å². The second-order valence-electron chi connectivity index (χ2n) is 3.11. The van der Waals surface area contributed by atoms with E-state index in [-0.39, 0.29) is 11.3 Å². The van der Waals surface area contributed by atoms with Gasteiger partial charge in [-0.1, -0.05) is 0 Å². The van der Waals surface area contributed by atoms with Gasteiger partial charge in [-0.3, -0.25) is 14.9 Å². The number of anilines is 1. The summed E-state index contributed by atoms with van der Waals surface area (Å²) in [7, 11) is 0. The molecule has 1 aromatic rings. The average Bonchev–Trinajstić information content (AvgIpc) is 2.15. The minimum Gasteiger partial charge on any atom is -0.398 e. The molecule has 0 bridgehead atoms. The lowest BCUT2D eigenvalue weighted by Gasteiger charge is -2.08. The van der Waals surface area contributed by atoms with E-state index in [9.17, 15) is 23.7 Å². The van der Waals surface area contributed by atoms with E-state index in [0.29, 0.717) is 6.07 Å². The molecule has 1 aromatic carbocycles. The zero-order valence-corrected chi connectivity index (χ0v) is 8.24. The number of non-ortho nitro benzene ring substituents is 1. The van der Waals surface area contributed by atoms with E-state index in [1.54, 1.807) is 0 Å². The van der Waals surface area contributed by atoms with E-state index in [2.05, 4.69) is 0 Å². The number of nitrogens with two attached hydrogens (primary N) is 1. The quantitative estimate of drug-likeness (QED) is 0.373. The summed E-state index contributed by atoms with van der Waals surface area (Å²) in [5.41, 5.74) is 3.40. The van der Waals surface area contributed by atoms with E-state index >= 15 is 0 Å². The van der Waals surface area contributed by atoms with Crippen LogP contribution in [0, 0.1) is 10.1 Å². The van der Waals surface area contributed by atoms with Crippen molar-refractivity contribution < 1.29 is 18.5 Å². The Bertz CT molecular complexity index is 460. The van der Waals surface area contributed by atoms with Gasteiger partial charge in [-0.05, 0) is 6.92 Å². The Morgan fingerprint density at radius 1 is 1.50 bits per heavy atom. The number of carbonyl (C=O) groups excluding carboxylic acids is 1. The second-order valence-corrected chi connectivity index (χ2v) is 3.11. The van der Waals surface area contributed by atoms with Crippen LogP contribution in [-0.4, -0.2) is 10.7 Å². The summed E-state index contributed by atoms with van der Waals surface area (Å²) in [6.07, 6.45) is -2.99. The van der Waals surface area contributed by atoms with Crippen LogP contribution in [-0.2, 0) is 0 Å². The molecule has 0 fully saturated rings. The van der Waals surface area contributed by atoms with Gasteiger partial charge in [0.15, 0.2) is 5.78 Å². The van der Waals surface area contributed by atoms with E-state index in [0.717, 1.165) is 13.0 Å². The normalized spacial score (nSPS) is 10.5. The van der Waals surface area contributed by atoms with Crippen LogP contribution in [0.1, 0.15) is 29.3 Å². The summed E-state index contributed by atoms with van der Waals surface area (Å²) >= 11 is 0. The van der Waals surface area contributed by atoms with Crippen molar-refractivity contribution in [3.8, 4) is 0 Å². The van der Waals surface area contributed by atoms with Crippen LogP contribution in [0.5, 0.6) is 0 Å². The number of nitro benzene ring substituents is 1. The van der Waals surface area contributed by atoms with Gasteiger partial charge >= 0.3 is 0 Å². The van der Waals surface area contributed by atoms with Gasteiger partial charge in [0.2, 0.25) is 0 Å². The molecule has 0 aliphatic carbocycles. The molecule has 0 amide bonds. The maximum atomic E-state index is 12.6. The molecule has 2 N–H and O–H groups in total. The fraction of sp³-hybridized carbons (Fsp3) is 0.222. The van der Waals surface area contributed by atoms with E-state index in [1.807, 2.05) is 0 Å². The number of halogens is 2. The highest BCUT2D eigenvalue weighted by Gasteiger charge is 2.23. The number of carbonyl (C=O) groups is 1. The van der Waals surface area contributed by atoms with Crippen LogP contribution < -0.4 is 5.73 Å². The number of rotatable bonds is 3. The zero-order chi connectivity index (χ0) is 12.5. The first kappa shape index (κ1) is 12.0. The third kappa shape index (κ3) is 2.13. The number of ketones is 1. The number of nitrogens with zero attached hydrogens (tertiary/aromatic N) is 1. The van der Waals surface area contributed by atoms with Crippen molar-refractivity contribution in [2.24, 2.45) is 0 Å². The number of alkyl halides is 2. The molecular formula is C9H8F2N2O3. The number of hydrogen-bond donors (Lipinski definition) is 1. The first-order valence-corrected chi connectivity index (χ1v) is 4.21. The number of Topliss-reactive ketones (excluding diaryl/α,β-unsaturated/α-hetero) is 1. The van der Waals surface area contributed by atoms with Crippen LogP contribution in [0.4, 0.5) is 20.2 Å². The maximum absolute atomic E-state index is 12.6. The number of nitro groups is 1. The number of nitrogen functional groups attached to an aromatic ring is 1. The minimum atomic E-state index is -2.99. The Balaban J connectivity index is 3.51.